The lowest BCUT2D eigenvalue weighted by Crippen LogP contribution is -2.48. The molecule has 0 radical (unpaired) electrons. The molecule has 0 N–H and O–H groups in total. The van der Waals surface area contributed by atoms with Crippen LogP contribution < -0.4 is 5.76 Å². The molecule has 1 saturated heterocycles. The highest BCUT2D eigenvalue weighted by Gasteiger charge is 2.23. The molecular formula is C20H20FN3O3. The van der Waals surface area contributed by atoms with Crippen molar-refractivity contribution in [2.45, 2.75) is 19.5 Å². The number of rotatable bonds is 4. The molecule has 1 amide bonds. The summed E-state index contributed by atoms with van der Waals surface area (Å²) in [6.45, 7) is 2.62. The minimum Gasteiger partial charge on any atom is -0.408 e. The third-order valence-corrected chi connectivity index (χ3v) is 4.81. The molecule has 7 heteroatoms. The SMILES string of the molecule is O=C(Cn1c(=O)oc2ccccc21)N1CCCN(Cc2ccc(F)cc2)C1. The molecule has 1 aromatic heterocycles. The average Bonchev–Trinajstić information content (AvgIpc) is 2.99. The molecule has 0 spiro atoms. The number of benzene rings is 2. The normalized spacial score (nSPS) is 15.4. The van der Waals surface area contributed by atoms with Crippen molar-refractivity contribution in [1.82, 2.24) is 14.4 Å². The van der Waals surface area contributed by atoms with Crippen LogP contribution in [0.2, 0.25) is 0 Å². The van der Waals surface area contributed by atoms with E-state index in [2.05, 4.69) is 4.90 Å². The minimum absolute atomic E-state index is 0.0414. The minimum atomic E-state index is -0.523. The Bertz CT molecular complexity index is 1010. The molecule has 3 aromatic rings. The Hall–Kier alpha value is -2.93. The first kappa shape index (κ1) is 17.5. The molecule has 0 unspecified atom stereocenters. The van der Waals surface area contributed by atoms with Crippen LogP contribution in [0.1, 0.15) is 12.0 Å². The van der Waals surface area contributed by atoms with Gasteiger partial charge in [0.25, 0.3) is 0 Å². The number of carbonyl (C=O) groups excluding carboxylic acids is 1. The third-order valence-electron chi connectivity index (χ3n) is 4.81. The zero-order valence-corrected chi connectivity index (χ0v) is 14.8. The van der Waals surface area contributed by atoms with Gasteiger partial charge >= 0.3 is 5.76 Å². The summed E-state index contributed by atoms with van der Waals surface area (Å²) in [4.78, 5) is 28.7. The van der Waals surface area contributed by atoms with Gasteiger partial charge in [0.1, 0.15) is 12.4 Å². The van der Waals surface area contributed by atoms with Crippen LogP contribution in [0.5, 0.6) is 0 Å². The van der Waals surface area contributed by atoms with Gasteiger partial charge < -0.3 is 9.32 Å². The van der Waals surface area contributed by atoms with Gasteiger partial charge in [0.2, 0.25) is 5.91 Å². The van der Waals surface area contributed by atoms with E-state index >= 15 is 0 Å². The highest BCUT2D eigenvalue weighted by Crippen LogP contribution is 2.15. The second-order valence-corrected chi connectivity index (χ2v) is 6.75. The zero-order chi connectivity index (χ0) is 18.8. The van der Waals surface area contributed by atoms with Gasteiger partial charge in [0.05, 0.1) is 12.2 Å². The number of carbonyl (C=O) groups is 1. The predicted octanol–water partition coefficient (Wildman–Crippen LogP) is 2.43. The van der Waals surface area contributed by atoms with E-state index in [0.29, 0.717) is 30.9 Å². The molecule has 27 heavy (non-hydrogen) atoms. The van der Waals surface area contributed by atoms with Crippen LogP contribution in [-0.4, -0.2) is 40.0 Å². The van der Waals surface area contributed by atoms with Gasteiger partial charge in [-0.1, -0.05) is 24.3 Å². The zero-order valence-electron chi connectivity index (χ0n) is 14.8. The fourth-order valence-electron chi connectivity index (χ4n) is 3.45. The molecule has 2 heterocycles. The van der Waals surface area contributed by atoms with E-state index in [-0.39, 0.29) is 18.3 Å². The van der Waals surface area contributed by atoms with Crippen molar-refractivity contribution in [3.05, 3.63) is 70.5 Å². The van der Waals surface area contributed by atoms with E-state index in [4.69, 9.17) is 4.42 Å². The second kappa shape index (κ2) is 7.36. The van der Waals surface area contributed by atoms with Gasteiger partial charge in [-0.15, -0.1) is 0 Å². The summed E-state index contributed by atoms with van der Waals surface area (Å²) in [6.07, 6.45) is 0.855. The maximum Gasteiger partial charge on any atom is 0.420 e. The molecule has 2 aromatic carbocycles. The van der Waals surface area contributed by atoms with Crippen molar-refractivity contribution in [2.24, 2.45) is 0 Å². The number of hydrogen-bond acceptors (Lipinski definition) is 4. The quantitative estimate of drug-likeness (QED) is 0.709. The highest BCUT2D eigenvalue weighted by atomic mass is 19.1. The van der Waals surface area contributed by atoms with Crippen molar-refractivity contribution in [3.8, 4) is 0 Å². The van der Waals surface area contributed by atoms with Gasteiger partial charge in [0, 0.05) is 19.6 Å². The van der Waals surface area contributed by atoms with Crippen molar-refractivity contribution >= 4 is 17.0 Å². The largest absolute Gasteiger partial charge is 0.420 e. The molecule has 0 saturated carbocycles. The number of oxazole rings is 1. The van der Waals surface area contributed by atoms with Crippen LogP contribution in [0.4, 0.5) is 4.39 Å². The van der Waals surface area contributed by atoms with Gasteiger partial charge in [-0.2, -0.15) is 0 Å². The predicted molar refractivity (Wildman–Crippen MR) is 98.5 cm³/mol. The number of fused-ring (bicyclic) bond motifs is 1. The summed E-state index contributed by atoms with van der Waals surface area (Å²) in [7, 11) is 0. The fraction of sp³-hybridized carbons (Fsp3) is 0.300. The molecule has 4 rings (SSSR count). The molecule has 6 nitrogen and oxygen atoms in total. The molecule has 0 bridgehead atoms. The van der Waals surface area contributed by atoms with Gasteiger partial charge in [-0.3, -0.25) is 14.3 Å². The van der Waals surface area contributed by atoms with E-state index in [1.54, 1.807) is 35.2 Å². The van der Waals surface area contributed by atoms with Crippen LogP contribution in [0.15, 0.2) is 57.7 Å². The lowest BCUT2D eigenvalue weighted by atomic mass is 10.2. The van der Waals surface area contributed by atoms with Crippen LogP contribution in [0, 0.1) is 5.82 Å². The standard InChI is InChI=1S/C20H20FN3O3/c21-16-8-6-15(7-9-16)12-22-10-3-11-23(14-22)19(25)13-24-17-4-1-2-5-18(17)27-20(24)26/h1-2,4-9H,3,10-14H2. The van der Waals surface area contributed by atoms with Crippen LogP contribution >= 0.6 is 0 Å². The van der Waals surface area contributed by atoms with Gasteiger partial charge in [-0.25, -0.2) is 9.18 Å². The van der Waals surface area contributed by atoms with E-state index in [1.165, 1.54) is 16.7 Å². The topological polar surface area (TPSA) is 58.7 Å². The second-order valence-electron chi connectivity index (χ2n) is 6.75. The first-order chi connectivity index (χ1) is 13.1. The molecule has 140 valence electrons. The van der Waals surface area contributed by atoms with Gasteiger partial charge in [-0.05, 0) is 36.2 Å². The Balaban J connectivity index is 1.44. The molecule has 1 fully saturated rings. The third kappa shape index (κ3) is 3.78. The van der Waals surface area contributed by atoms with E-state index < -0.39 is 5.76 Å². The van der Waals surface area contributed by atoms with Crippen molar-refractivity contribution < 1.29 is 13.6 Å². The fourth-order valence-corrected chi connectivity index (χ4v) is 3.45. The summed E-state index contributed by atoms with van der Waals surface area (Å²) in [6, 6.07) is 13.5. The first-order valence-electron chi connectivity index (χ1n) is 8.93. The summed E-state index contributed by atoms with van der Waals surface area (Å²) < 4.78 is 19.6. The monoisotopic (exact) mass is 369 g/mol. The van der Waals surface area contributed by atoms with Crippen molar-refractivity contribution in [2.75, 3.05) is 19.8 Å². The van der Waals surface area contributed by atoms with Crippen LogP contribution in [0.25, 0.3) is 11.1 Å². The number of aromatic nitrogens is 1. The summed E-state index contributed by atoms with van der Waals surface area (Å²) in [5.41, 5.74) is 2.10. The van der Waals surface area contributed by atoms with Crippen molar-refractivity contribution in [1.29, 1.82) is 0 Å². The smallest absolute Gasteiger partial charge is 0.408 e. The Morgan fingerprint density at radius 2 is 1.85 bits per heavy atom. The highest BCUT2D eigenvalue weighted by molar-refractivity contribution is 5.79. The Labute approximate surface area is 155 Å². The van der Waals surface area contributed by atoms with Crippen LogP contribution in [0.3, 0.4) is 0 Å². The molecule has 1 aliphatic heterocycles. The maximum absolute atomic E-state index is 13.1. The average molecular weight is 369 g/mol. The number of amides is 1. The lowest BCUT2D eigenvalue weighted by Gasteiger charge is -2.35. The maximum atomic E-state index is 13.1. The van der Waals surface area contributed by atoms with Crippen LogP contribution in [-0.2, 0) is 17.9 Å². The van der Waals surface area contributed by atoms with Gasteiger partial charge in [0.15, 0.2) is 5.58 Å². The number of nitrogens with zero attached hydrogens (tertiary/aromatic N) is 3. The lowest BCUT2D eigenvalue weighted by molar-refractivity contribution is -0.136. The summed E-state index contributed by atoms with van der Waals surface area (Å²) in [5.74, 6) is -0.899. The van der Waals surface area contributed by atoms with E-state index in [1.807, 2.05) is 6.07 Å². The van der Waals surface area contributed by atoms with Crippen molar-refractivity contribution in [3.63, 3.8) is 0 Å². The Morgan fingerprint density at radius 3 is 2.67 bits per heavy atom. The number of hydrogen-bond donors (Lipinski definition) is 0. The molecule has 0 aliphatic carbocycles. The van der Waals surface area contributed by atoms with E-state index in [9.17, 15) is 14.0 Å². The molecular weight excluding hydrogens is 349 g/mol. The van der Waals surface area contributed by atoms with E-state index in [0.717, 1.165) is 18.5 Å². The Morgan fingerprint density at radius 1 is 1.07 bits per heavy atom. The number of halogens is 1. The summed E-state index contributed by atoms with van der Waals surface area (Å²) in [5, 5.41) is 0. The first-order valence-corrected chi connectivity index (χ1v) is 8.93. The molecule has 0 atom stereocenters. The summed E-state index contributed by atoms with van der Waals surface area (Å²) >= 11 is 0. The molecule has 1 aliphatic rings. The number of para-hydroxylation sites is 2. The Kier molecular flexibility index (Phi) is 4.77.